The van der Waals surface area contributed by atoms with E-state index in [1.165, 1.54) is 16.7 Å². The highest BCUT2D eigenvalue weighted by Crippen LogP contribution is 2.26. The molecule has 1 N–H and O–H groups in total. The zero-order chi connectivity index (χ0) is 19.8. The number of halogens is 1. The van der Waals surface area contributed by atoms with Crippen molar-refractivity contribution in [1.29, 1.82) is 5.26 Å². The summed E-state index contributed by atoms with van der Waals surface area (Å²) in [5.74, 6) is -0.360. The predicted molar refractivity (Wildman–Crippen MR) is 101 cm³/mol. The van der Waals surface area contributed by atoms with E-state index in [4.69, 9.17) is 10.00 Å². The van der Waals surface area contributed by atoms with Crippen LogP contribution >= 0.6 is 0 Å². The molecule has 0 aliphatic carbocycles. The average molecular weight is 382 g/mol. The molecular formula is C19H19FN6O2. The van der Waals surface area contributed by atoms with E-state index in [9.17, 15) is 9.18 Å². The summed E-state index contributed by atoms with van der Waals surface area (Å²) < 4.78 is 22.6. The Morgan fingerprint density at radius 2 is 2.11 bits per heavy atom. The number of anilines is 2. The van der Waals surface area contributed by atoms with E-state index in [0.29, 0.717) is 35.6 Å². The number of hydrogen-bond donors (Lipinski definition) is 1. The molecule has 0 atom stereocenters. The molecule has 0 amide bonds. The molecule has 0 saturated carbocycles. The van der Waals surface area contributed by atoms with Crippen LogP contribution in [0.4, 0.5) is 16.0 Å². The summed E-state index contributed by atoms with van der Waals surface area (Å²) >= 11 is 0. The minimum atomic E-state index is -0.615. The van der Waals surface area contributed by atoms with Crippen LogP contribution < -0.4 is 11.0 Å². The minimum absolute atomic E-state index is 0.0155. The van der Waals surface area contributed by atoms with Crippen LogP contribution in [0.1, 0.15) is 30.0 Å². The van der Waals surface area contributed by atoms with Crippen LogP contribution in [0.5, 0.6) is 0 Å². The molecule has 144 valence electrons. The molecule has 0 radical (unpaired) electrons. The second-order valence-electron chi connectivity index (χ2n) is 6.84. The van der Waals surface area contributed by atoms with Gasteiger partial charge in [-0.2, -0.15) is 10.2 Å². The first-order valence-corrected chi connectivity index (χ1v) is 8.98. The third kappa shape index (κ3) is 3.01. The highest BCUT2D eigenvalue weighted by molar-refractivity contribution is 5.73. The second-order valence-corrected chi connectivity index (χ2v) is 6.84. The largest absolute Gasteiger partial charge is 0.381 e. The lowest BCUT2D eigenvalue weighted by atomic mass is 10.1. The maximum absolute atomic E-state index is 14.0. The van der Waals surface area contributed by atoms with Gasteiger partial charge in [0.15, 0.2) is 5.65 Å². The Bertz CT molecular complexity index is 1150. The van der Waals surface area contributed by atoms with Gasteiger partial charge in [0.25, 0.3) is 0 Å². The van der Waals surface area contributed by atoms with Crippen LogP contribution in [0.15, 0.2) is 23.1 Å². The van der Waals surface area contributed by atoms with Gasteiger partial charge in [0.05, 0.1) is 11.8 Å². The number of aromatic nitrogens is 4. The molecule has 1 fully saturated rings. The van der Waals surface area contributed by atoms with Crippen molar-refractivity contribution in [2.24, 2.45) is 7.05 Å². The van der Waals surface area contributed by atoms with Gasteiger partial charge in [0.2, 0.25) is 5.95 Å². The number of nitriles is 1. The number of benzene rings is 1. The fourth-order valence-corrected chi connectivity index (χ4v) is 3.49. The third-order valence-electron chi connectivity index (χ3n) is 5.07. The van der Waals surface area contributed by atoms with Gasteiger partial charge in [-0.05, 0) is 37.5 Å². The Morgan fingerprint density at radius 3 is 2.82 bits per heavy atom. The predicted octanol–water partition coefficient (Wildman–Crippen LogP) is 2.54. The van der Waals surface area contributed by atoms with E-state index < -0.39 is 5.82 Å². The Labute approximate surface area is 160 Å². The lowest BCUT2D eigenvalue weighted by molar-refractivity contribution is 0.0695. The van der Waals surface area contributed by atoms with Crippen molar-refractivity contribution in [3.05, 3.63) is 45.8 Å². The molecule has 1 aromatic carbocycles. The number of fused-ring (bicyclic) bond motifs is 1. The smallest absolute Gasteiger partial charge is 0.330 e. The fourth-order valence-electron chi connectivity index (χ4n) is 3.49. The first-order valence-electron chi connectivity index (χ1n) is 8.98. The number of ether oxygens (including phenoxy) is 1. The maximum Gasteiger partial charge on any atom is 0.330 e. The molecule has 4 rings (SSSR count). The van der Waals surface area contributed by atoms with Gasteiger partial charge >= 0.3 is 5.69 Å². The van der Waals surface area contributed by atoms with Gasteiger partial charge < -0.3 is 10.1 Å². The Morgan fingerprint density at radius 1 is 1.36 bits per heavy atom. The van der Waals surface area contributed by atoms with E-state index in [0.717, 1.165) is 12.8 Å². The highest BCUT2D eigenvalue weighted by atomic mass is 19.1. The summed E-state index contributed by atoms with van der Waals surface area (Å²) in [6.45, 7) is 2.97. The Hall–Kier alpha value is -3.25. The van der Waals surface area contributed by atoms with Crippen LogP contribution in [-0.4, -0.2) is 32.3 Å². The molecule has 3 aromatic rings. The minimum Gasteiger partial charge on any atom is -0.381 e. The normalized spacial score (nSPS) is 14.9. The summed E-state index contributed by atoms with van der Waals surface area (Å²) in [4.78, 5) is 21.5. The molecule has 0 unspecified atom stereocenters. The standard InChI is InChI=1S/C19H19FN6O2/c1-11-7-12(9-21)14(20)8-15(11)23-18-22-10-16-17(24-18)26(19(27)25(16)2)13-3-5-28-6-4-13/h7-8,10,13H,3-6H2,1-2H3,(H,22,23,24). The highest BCUT2D eigenvalue weighted by Gasteiger charge is 2.23. The monoisotopic (exact) mass is 382 g/mol. The third-order valence-corrected chi connectivity index (χ3v) is 5.07. The SMILES string of the molecule is Cc1cc(C#N)c(F)cc1Nc1ncc2c(n1)n(C1CCOCC1)c(=O)n2C. The van der Waals surface area contributed by atoms with Gasteiger partial charge in [0, 0.05) is 32.0 Å². The molecule has 1 aliphatic rings. The number of nitrogens with one attached hydrogen (secondary N) is 1. The summed E-state index contributed by atoms with van der Waals surface area (Å²) in [5.41, 5.74) is 2.15. The van der Waals surface area contributed by atoms with Gasteiger partial charge in [-0.1, -0.05) is 0 Å². The molecule has 9 heteroatoms. The van der Waals surface area contributed by atoms with Crippen LogP contribution in [-0.2, 0) is 11.8 Å². The Kier molecular flexibility index (Phi) is 4.57. The van der Waals surface area contributed by atoms with Crippen molar-refractivity contribution in [1.82, 2.24) is 19.1 Å². The van der Waals surface area contributed by atoms with E-state index in [-0.39, 0.29) is 23.2 Å². The zero-order valence-electron chi connectivity index (χ0n) is 15.6. The lowest BCUT2D eigenvalue weighted by Crippen LogP contribution is -2.30. The average Bonchev–Trinajstić information content (AvgIpc) is 2.95. The molecule has 1 saturated heterocycles. The van der Waals surface area contributed by atoms with Crippen LogP contribution in [0, 0.1) is 24.1 Å². The number of rotatable bonds is 3. The number of hydrogen-bond acceptors (Lipinski definition) is 6. The summed E-state index contributed by atoms with van der Waals surface area (Å²) in [6, 6.07) is 4.55. The molecule has 1 aliphatic heterocycles. The van der Waals surface area contributed by atoms with Crippen molar-refractivity contribution >= 4 is 22.8 Å². The van der Waals surface area contributed by atoms with Crippen LogP contribution in [0.2, 0.25) is 0 Å². The molecular weight excluding hydrogens is 363 g/mol. The maximum atomic E-state index is 14.0. The quantitative estimate of drug-likeness (QED) is 0.748. The number of aryl methyl sites for hydroxylation is 2. The molecule has 0 bridgehead atoms. The number of imidazole rings is 1. The molecule has 2 aromatic heterocycles. The summed E-state index contributed by atoms with van der Waals surface area (Å²) in [5, 5.41) is 11.9. The first kappa shape index (κ1) is 18.1. The fraction of sp³-hybridized carbons (Fsp3) is 0.368. The zero-order valence-corrected chi connectivity index (χ0v) is 15.6. The molecule has 0 spiro atoms. The molecule has 28 heavy (non-hydrogen) atoms. The van der Waals surface area contributed by atoms with Gasteiger partial charge in [-0.25, -0.2) is 14.2 Å². The van der Waals surface area contributed by atoms with E-state index >= 15 is 0 Å². The van der Waals surface area contributed by atoms with Crippen molar-refractivity contribution in [2.45, 2.75) is 25.8 Å². The van der Waals surface area contributed by atoms with Crippen molar-refractivity contribution < 1.29 is 9.13 Å². The van der Waals surface area contributed by atoms with Gasteiger partial charge in [-0.15, -0.1) is 0 Å². The lowest BCUT2D eigenvalue weighted by Gasteiger charge is -2.22. The van der Waals surface area contributed by atoms with Crippen LogP contribution in [0.25, 0.3) is 11.2 Å². The second kappa shape index (κ2) is 7.05. The van der Waals surface area contributed by atoms with E-state index in [2.05, 4.69) is 15.3 Å². The summed E-state index contributed by atoms with van der Waals surface area (Å²) in [7, 11) is 1.69. The van der Waals surface area contributed by atoms with Crippen molar-refractivity contribution in [3.63, 3.8) is 0 Å². The van der Waals surface area contributed by atoms with Crippen molar-refractivity contribution in [2.75, 3.05) is 18.5 Å². The van der Waals surface area contributed by atoms with E-state index in [1.54, 1.807) is 24.7 Å². The van der Waals surface area contributed by atoms with E-state index in [1.807, 2.05) is 6.07 Å². The molecule has 3 heterocycles. The van der Waals surface area contributed by atoms with Gasteiger partial charge in [0.1, 0.15) is 17.4 Å². The topological polar surface area (TPSA) is 97.8 Å². The Balaban J connectivity index is 1.77. The first-order chi connectivity index (χ1) is 13.5. The van der Waals surface area contributed by atoms with Gasteiger partial charge in [-0.3, -0.25) is 9.13 Å². The van der Waals surface area contributed by atoms with Crippen LogP contribution in [0.3, 0.4) is 0 Å². The summed E-state index contributed by atoms with van der Waals surface area (Å²) in [6.07, 6.45) is 3.06. The van der Waals surface area contributed by atoms with Crippen molar-refractivity contribution in [3.8, 4) is 6.07 Å². The molecule has 8 nitrogen and oxygen atoms in total. The number of nitrogens with zero attached hydrogens (tertiary/aromatic N) is 5.